The topological polar surface area (TPSA) is 41.6 Å². The maximum atomic E-state index is 12.1. The number of hydrogen-bond acceptors (Lipinski definition) is 3. The van der Waals surface area contributed by atoms with Gasteiger partial charge in [-0.3, -0.25) is 9.69 Å². The van der Waals surface area contributed by atoms with Crippen molar-refractivity contribution in [1.82, 2.24) is 4.90 Å². The van der Waals surface area contributed by atoms with Crippen LogP contribution in [0.1, 0.15) is 25.0 Å². The van der Waals surface area contributed by atoms with Gasteiger partial charge >= 0.3 is 0 Å². The molecule has 0 radical (unpaired) electrons. The molecule has 0 aromatic heterocycles. The van der Waals surface area contributed by atoms with Crippen LogP contribution in [0.15, 0.2) is 48.5 Å². The van der Waals surface area contributed by atoms with Gasteiger partial charge in [-0.05, 0) is 48.5 Å². The zero-order valence-corrected chi connectivity index (χ0v) is 14.7. The normalized spacial score (nSPS) is 10.7. The molecule has 0 heterocycles. The minimum atomic E-state index is -0.0170. The van der Waals surface area contributed by atoms with Crippen LogP contribution >= 0.6 is 0 Å². The van der Waals surface area contributed by atoms with Gasteiger partial charge in [0.25, 0.3) is 0 Å². The summed E-state index contributed by atoms with van der Waals surface area (Å²) in [6, 6.07) is 15.6. The molecule has 0 atom stereocenters. The quantitative estimate of drug-likeness (QED) is 0.804. The first-order valence-corrected chi connectivity index (χ1v) is 8.38. The van der Waals surface area contributed by atoms with E-state index in [9.17, 15) is 4.79 Å². The Kier molecular flexibility index (Phi) is 6.82. The lowest BCUT2D eigenvalue weighted by Crippen LogP contribution is -2.22. The van der Waals surface area contributed by atoms with Crippen LogP contribution in [0.4, 0.5) is 5.69 Å². The molecule has 1 N–H and O–H groups in total. The summed E-state index contributed by atoms with van der Waals surface area (Å²) in [5, 5.41) is 2.94. The van der Waals surface area contributed by atoms with Crippen LogP contribution in [0.2, 0.25) is 0 Å². The average Bonchev–Trinajstić information content (AvgIpc) is 2.61. The highest BCUT2D eigenvalue weighted by atomic mass is 16.5. The summed E-state index contributed by atoms with van der Waals surface area (Å²) in [7, 11) is 1.63. The first kappa shape index (κ1) is 18.0. The van der Waals surface area contributed by atoms with Crippen molar-refractivity contribution in [3.05, 3.63) is 59.7 Å². The van der Waals surface area contributed by atoms with Gasteiger partial charge in [-0.15, -0.1) is 0 Å². The number of rotatable bonds is 8. The molecule has 0 aliphatic carbocycles. The maximum absolute atomic E-state index is 12.1. The molecule has 128 valence electrons. The third-order valence-electron chi connectivity index (χ3n) is 4.06. The van der Waals surface area contributed by atoms with E-state index in [1.54, 1.807) is 7.11 Å². The largest absolute Gasteiger partial charge is 0.497 e. The van der Waals surface area contributed by atoms with E-state index in [0.717, 1.165) is 36.6 Å². The van der Waals surface area contributed by atoms with E-state index in [-0.39, 0.29) is 5.91 Å². The minimum Gasteiger partial charge on any atom is -0.497 e. The average molecular weight is 326 g/mol. The van der Waals surface area contributed by atoms with Crippen LogP contribution in [0.5, 0.6) is 5.75 Å². The predicted octanol–water partition coefficient (Wildman–Crippen LogP) is 3.72. The van der Waals surface area contributed by atoms with Gasteiger partial charge in [0.2, 0.25) is 5.91 Å². The highest BCUT2D eigenvalue weighted by Crippen LogP contribution is 2.14. The van der Waals surface area contributed by atoms with Crippen molar-refractivity contribution in [2.45, 2.75) is 26.8 Å². The first-order chi connectivity index (χ1) is 11.6. The van der Waals surface area contributed by atoms with E-state index in [0.29, 0.717) is 6.42 Å². The van der Waals surface area contributed by atoms with Crippen LogP contribution in [0.25, 0.3) is 0 Å². The lowest BCUT2D eigenvalue weighted by atomic mass is 10.1. The Morgan fingerprint density at radius 2 is 1.54 bits per heavy atom. The highest BCUT2D eigenvalue weighted by Gasteiger charge is 2.06. The Labute approximate surface area is 144 Å². The summed E-state index contributed by atoms with van der Waals surface area (Å²) in [5.41, 5.74) is 3.05. The minimum absolute atomic E-state index is 0.0170. The number of carbonyl (C=O) groups excluding carboxylic acids is 1. The van der Waals surface area contributed by atoms with Gasteiger partial charge in [0, 0.05) is 12.2 Å². The fourth-order valence-corrected chi connectivity index (χ4v) is 2.53. The van der Waals surface area contributed by atoms with Gasteiger partial charge in [0.1, 0.15) is 5.75 Å². The van der Waals surface area contributed by atoms with Crippen molar-refractivity contribution in [1.29, 1.82) is 0 Å². The second-order valence-corrected chi connectivity index (χ2v) is 5.73. The van der Waals surface area contributed by atoms with Crippen LogP contribution in [-0.4, -0.2) is 31.0 Å². The number of nitrogens with zero attached hydrogens (tertiary/aromatic N) is 1. The number of ether oxygens (including phenoxy) is 1. The summed E-state index contributed by atoms with van der Waals surface area (Å²) in [5.74, 6) is 0.777. The SMILES string of the molecule is CCN(CC)Cc1ccc(NC(=O)Cc2ccc(OC)cc2)cc1. The number of methoxy groups -OCH3 is 1. The number of hydrogen-bond donors (Lipinski definition) is 1. The van der Waals surface area contributed by atoms with Gasteiger partial charge < -0.3 is 10.1 Å². The smallest absolute Gasteiger partial charge is 0.228 e. The van der Waals surface area contributed by atoms with Gasteiger partial charge in [0.05, 0.1) is 13.5 Å². The van der Waals surface area contributed by atoms with E-state index < -0.39 is 0 Å². The number of carbonyl (C=O) groups is 1. The van der Waals surface area contributed by atoms with Crippen LogP contribution in [0, 0.1) is 0 Å². The zero-order chi connectivity index (χ0) is 17.4. The lowest BCUT2D eigenvalue weighted by molar-refractivity contribution is -0.115. The van der Waals surface area contributed by atoms with E-state index >= 15 is 0 Å². The Bertz CT molecular complexity index is 632. The Morgan fingerprint density at radius 1 is 0.958 bits per heavy atom. The molecule has 0 unspecified atom stereocenters. The molecule has 2 aromatic carbocycles. The maximum Gasteiger partial charge on any atom is 0.228 e. The van der Waals surface area contributed by atoms with Crippen molar-refractivity contribution in [3.63, 3.8) is 0 Å². The molecule has 2 aromatic rings. The van der Waals surface area contributed by atoms with Crippen molar-refractivity contribution in [2.24, 2.45) is 0 Å². The summed E-state index contributed by atoms with van der Waals surface area (Å²) < 4.78 is 5.12. The third-order valence-corrected chi connectivity index (χ3v) is 4.06. The summed E-state index contributed by atoms with van der Waals surface area (Å²) >= 11 is 0. The van der Waals surface area contributed by atoms with Crippen molar-refractivity contribution >= 4 is 11.6 Å². The number of benzene rings is 2. The van der Waals surface area contributed by atoms with E-state index in [2.05, 4.69) is 36.2 Å². The Balaban J connectivity index is 1.89. The molecule has 4 heteroatoms. The standard InChI is InChI=1S/C20H26N2O2/c1-4-22(5-2)15-17-6-10-18(11-7-17)21-20(23)14-16-8-12-19(24-3)13-9-16/h6-13H,4-5,14-15H2,1-3H3,(H,21,23). The first-order valence-electron chi connectivity index (χ1n) is 8.38. The number of nitrogens with one attached hydrogen (secondary N) is 1. The monoisotopic (exact) mass is 326 g/mol. The van der Waals surface area contributed by atoms with Crippen LogP contribution < -0.4 is 10.1 Å². The summed E-state index contributed by atoms with van der Waals surface area (Å²) in [6.07, 6.45) is 0.352. The lowest BCUT2D eigenvalue weighted by Gasteiger charge is -2.18. The Morgan fingerprint density at radius 3 is 2.08 bits per heavy atom. The molecule has 24 heavy (non-hydrogen) atoms. The highest BCUT2D eigenvalue weighted by molar-refractivity contribution is 5.92. The molecular weight excluding hydrogens is 300 g/mol. The van der Waals surface area contributed by atoms with Gasteiger partial charge in [0.15, 0.2) is 0 Å². The molecule has 0 bridgehead atoms. The molecule has 4 nitrogen and oxygen atoms in total. The fraction of sp³-hybridized carbons (Fsp3) is 0.350. The predicted molar refractivity (Wildman–Crippen MR) is 98.4 cm³/mol. The second kappa shape index (κ2) is 9.08. The molecule has 0 saturated heterocycles. The third kappa shape index (κ3) is 5.39. The summed E-state index contributed by atoms with van der Waals surface area (Å²) in [4.78, 5) is 14.5. The van der Waals surface area contributed by atoms with Gasteiger partial charge in [-0.25, -0.2) is 0 Å². The van der Waals surface area contributed by atoms with E-state index in [4.69, 9.17) is 4.74 Å². The fourth-order valence-electron chi connectivity index (χ4n) is 2.53. The number of anilines is 1. The van der Waals surface area contributed by atoms with Crippen LogP contribution in [0.3, 0.4) is 0 Å². The van der Waals surface area contributed by atoms with E-state index in [1.807, 2.05) is 36.4 Å². The zero-order valence-electron chi connectivity index (χ0n) is 14.7. The van der Waals surface area contributed by atoms with E-state index in [1.165, 1.54) is 5.56 Å². The van der Waals surface area contributed by atoms with Gasteiger partial charge in [-0.1, -0.05) is 38.1 Å². The molecule has 0 aliphatic rings. The second-order valence-electron chi connectivity index (χ2n) is 5.73. The van der Waals surface area contributed by atoms with Gasteiger partial charge in [-0.2, -0.15) is 0 Å². The molecule has 0 fully saturated rings. The summed E-state index contributed by atoms with van der Waals surface area (Å²) in [6.45, 7) is 7.34. The number of amides is 1. The molecule has 0 spiro atoms. The Hall–Kier alpha value is -2.33. The van der Waals surface area contributed by atoms with Crippen molar-refractivity contribution < 1.29 is 9.53 Å². The molecule has 0 aliphatic heterocycles. The van der Waals surface area contributed by atoms with Crippen LogP contribution in [-0.2, 0) is 17.8 Å². The van der Waals surface area contributed by atoms with Crippen molar-refractivity contribution in [2.75, 3.05) is 25.5 Å². The molecule has 2 rings (SSSR count). The molecule has 1 amide bonds. The van der Waals surface area contributed by atoms with Crippen molar-refractivity contribution in [3.8, 4) is 5.75 Å². The molecular formula is C20H26N2O2. The molecule has 0 saturated carbocycles.